The van der Waals surface area contributed by atoms with Crippen LogP contribution in [0, 0.1) is 6.92 Å². The monoisotopic (exact) mass is 507 g/mol. The Hall–Kier alpha value is -3.52. The van der Waals surface area contributed by atoms with E-state index >= 15 is 0 Å². The van der Waals surface area contributed by atoms with Crippen LogP contribution >= 0.6 is 0 Å². The Morgan fingerprint density at radius 2 is 1.92 bits per heavy atom. The van der Waals surface area contributed by atoms with Crippen molar-refractivity contribution < 1.29 is 14.0 Å². The van der Waals surface area contributed by atoms with Crippen LogP contribution in [0.1, 0.15) is 86.6 Å². The minimum Gasteiger partial charge on any atom is -0.425 e. The summed E-state index contributed by atoms with van der Waals surface area (Å²) in [7, 11) is 1.63. The van der Waals surface area contributed by atoms with Gasteiger partial charge >= 0.3 is 0 Å². The molecule has 0 bridgehead atoms. The third kappa shape index (κ3) is 8.53. The molecule has 8 nitrogen and oxygen atoms in total. The van der Waals surface area contributed by atoms with Crippen molar-refractivity contribution in [2.24, 2.45) is 5.73 Å². The summed E-state index contributed by atoms with van der Waals surface area (Å²) in [6, 6.07) is 6.06. The fourth-order valence-corrected chi connectivity index (χ4v) is 4.24. The van der Waals surface area contributed by atoms with Crippen LogP contribution in [0.2, 0.25) is 0 Å². The molecule has 0 radical (unpaired) electrons. The lowest BCUT2D eigenvalue weighted by Crippen LogP contribution is -2.28. The van der Waals surface area contributed by atoms with Crippen LogP contribution in [0.3, 0.4) is 0 Å². The average Bonchev–Trinajstić information content (AvgIpc) is 3.31. The van der Waals surface area contributed by atoms with Crippen molar-refractivity contribution >= 4 is 11.8 Å². The second kappa shape index (κ2) is 14.3. The Morgan fingerprint density at radius 3 is 2.49 bits per heavy atom. The van der Waals surface area contributed by atoms with Gasteiger partial charge in [0.1, 0.15) is 0 Å². The topological polar surface area (TPSA) is 123 Å². The fourth-order valence-electron chi connectivity index (χ4n) is 4.24. The molecule has 1 heterocycles. The van der Waals surface area contributed by atoms with E-state index in [1.54, 1.807) is 33.0 Å². The fraction of sp³-hybridized carbons (Fsp3) is 0.448. The molecule has 0 fully saturated rings. The van der Waals surface area contributed by atoms with Crippen LogP contribution in [0.4, 0.5) is 0 Å². The first-order valence-corrected chi connectivity index (χ1v) is 12.8. The summed E-state index contributed by atoms with van der Waals surface area (Å²) in [4.78, 5) is 23.9. The van der Waals surface area contributed by atoms with E-state index in [-0.39, 0.29) is 17.9 Å². The van der Waals surface area contributed by atoms with Crippen LogP contribution in [0.5, 0.6) is 0 Å². The molecule has 37 heavy (non-hydrogen) atoms. The van der Waals surface area contributed by atoms with Gasteiger partial charge in [0.2, 0.25) is 17.7 Å². The zero-order valence-corrected chi connectivity index (χ0v) is 23.1. The van der Waals surface area contributed by atoms with Crippen LogP contribution in [0.15, 0.2) is 57.6 Å². The normalized spacial score (nSPS) is 14.4. The summed E-state index contributed by atoms with van der Waals surface area (Å²) in [5.74, 6) is 0.414. The average molecular weight is 508 g/mol. The SMILES string of the molecule is C\C=C(/C=C\C(C)=C(/C)CCc1cc(C(=O)NC)ccc1C(CC(C)NCC)c1nnc(C)o1)C(N)=O. The highest BCUT2D eigenvalue weighted by Gasteiger charge is 2.25. The number of rotatable bonds is 13. The number of benzene rings is 1. The summed E-state index contributed by atoms with van der Waals surface area (Å²) in [5.41, 5.74) is 10.9. The van der Waals surface area contributed by atoms with Gasteiger partial charge in [-0.3, -0.25) is 9.59 Å². The van der Waals surface area contributed by atoms with Crippen molar-refractivity contribution in [2.75, 3.05) is 13.6 Å². The first-order valence-electron chi connectivity index (χ1n) is 12.8. The van der Waals surface area contributed by atoms with Crippen LogP contribution in [-0.2, 0) is 11.2 Å². The highest BCUT2D eigenvalue weighted by molar-refractivity contribution is 5.95. The van der Waals surface area contributed by atoms with Crippen molar-refractivity contribution in [3.05, 3.63) is 81.6 Å². The van der Waals surface area contributed by atoms with Gasteiger partial charge in [-0.15, -0.1) is 10.2 Å². The summed E-state index contributed by atoms with van der Waals surface area (Å²) >= 11 is 0. The molecule has 0 aliphatic heterocycles. The quantitative estimate of drug-likeness (QED) is 0.271. The maximum atomic E-state index is 12.4. The van der Waals surface area contributed by atoms with Gasteiger partial charge in [0, 0.05) is 31.1 Å². The molecule has 0 spiro atoms. The van der Waals surface area contributed by atoms with Crippen LogP contribution < -0.4 is 16.4 Å². The molecule has 2 unspecified atom stereocenters. The number of allylic oxidation sites excluding steroid dienone is 4. The van der Waals surface area contributed by atoms with E-state index in [4.69, 9.17) is 10.2 Å². The highest BCUT2D eigenvalue weighted by Crippen LogP contribution is 2.33. The second-order valence-corrected chi connectivity index (χ2v) is 9.30. The van der Waals surface area contributed by atoms with E-state index in [2.05, 4.69) is 41.6 Å². The molecule has 8 heteroatoms. The Labute approximate surface area is 220 Å². The molecule has 4 N–H and O–H groups in total. The third-order valence-electron chi connectivity index (χ3n) is 6.54. The molecule has 2 amide bonds. The number of primary amides is 1. The van der Waals surface area contributed by atoms with Gasteiger partial charge in [-0.25, -0.2) is 0 Å². The summed E-state index contributed by atoms with van der Waals surface area (Å²) < 4.78 is 5.89. The minimum atomic E-state index is -0.450. The molecule has 1 aromatic carbocycles. The van der Waals surface area contributed by atoms with E-state index in [1.165, 1.54) is 5.57 Å². The lowest BCUT2D eigenvalue weighted by Gasteiger charge is -2.22. The highest BCUT2D eigenvalue weighted by atomic mass is 16.4. The van der Waals surface area contributed by atoms with Crippen LogP contribution in [0.25, 0.3) is 0 Å². The smallest absolute Gasteiger partial charge is 0.251 e. The molecule has 0 saturated carbocycles. The van der Waals surface area contributed by atoms with Gasteiger partial charge < -0.3 is 20.8 Å². The number of carbonyl (C=O) groups is 2. The van der Waals surface area contributed by atoms with E-state index in [1.807, 2.05) is 31.2 Å². The van der Waals surface area contributed by atoms with Gasteiger partial charge in [-0.1, -0.05) is 36.3 Å². The molecule has 0 saturated heterocycles. The Balaban J connectivity index is 2.46. The lowest BCUT2D eigenvalue weighted by atomic mass is 9.85. The molecule has 0 aliphatic carbocycles. The number of nitrogens with zero attached hydrogens (tertiary/aromatic N) is 2. The predicted octanol–water partition coefficient (Wildman–Crippen LogP) is 4.51. The standard InChI is InChI=1S/C29H41N5O3/c1-8-22(27(30)35)12-10-18(3)19(4)11-13-23-17-24(28(36)31-7)14-15-25(23)26(16-20(5)32-9-2)29-34-33-21(6)37-29/h8,10,12,14-15,17,20,26,32H,9,11,13,16H2,1-7H3,(H2,30,35)(H,31,36)/b12-10-,19-18+,22-8+. The summed E-state index contributed by atoms with van der Waals surface area (Å²) in [6.45, 7) is 12.8. The largest absolute Gasteiger partial charge is 0.425 e. The first kappa shape index (κ1) is 29.7. The zero-order chi connectivity index (χ0) is 27.5. The first-order chi connectivity index (χ1) is 17.6. The maximum Gasteiger partial charge on any atom is 0.251 e. The number of amides is 2. The van der Waals surface area contributed by atoms with Crippen molar-refractivity contribution in [1.29, 1.82) is 0 Å². The number of nitrogens with two attached hydrogens (primary N) is 1. The number of aromatic nitrogens is 2. The van der Waals surface area contributed by atoms with Gasteiger partial charge in [-0.2, -0.15) is 0 Å². The molecule has 200 valence electrons. The minimum absolute atomic E-state index is 0.109. The summed E-state index contributed by atoms with van der Waals surface area (Å²) in [5, 5.41) is 14.6. The van der Waals surface area contributed by atoms with Crippen molar-refractivity contribution in [1.82, 2.24) is 20.8 Å². The Morgan fingerprint density at radius 1 is 1.19 bits per heavy atom. The van der Waals surface area contributed by atoms with Crippen LogP contribution in [-0.4, -0.2) is 41.6 Å². The van der Waals surface area contributed by atoms with E-state index in [0.29, 0.717) is 22.9 Å². The Kier molecular flexibility index (Phi) is 11.5. The van der Waals surface area contributed by atoms with Gasteiger partial charge in [0.05, 0.1) is 5.92 Å². The lowest BCUT2D eigenvalue weighted by molar-refractivity contribution is -0.114. The van der Waals surface area contributed by atoms with Gasteiger partial charge in [0.15, 0.2) is 0 Å². The summed E-state index contributed by atoms with van der Waals surface area (Å²) in [6.07, 6.45) is 7.64. The van der Waals surface area contributed by atoms with Gasteiger partial charge in [-0.05, 0) is 82.8 Å². The third-order valence-corrected chi connectivity index (χ3v) is 6.54. The molecular weight excluding hydrogens is 466 g/mol. The van der Waals surface area contributed by atoms with Gasteiger partial charge in [0.25, 0.3) is 5.91 Å². The molecule has 2 aromatic rings. The molecule has 2 rings (SSSR count). The predicted molar refractivity (Wildman–Crippen MR) is 147 cm³/mol. The number of nitrogens with one attached hydrogen (secondary N) is 2. The molecule has 1 aromatic heterocycles. The van der Waals surface area contributed by atoms with Crippen molar-refractivity contribution in [3.8, 4) is 0 Å². The molecule has 2 atom stereocenters. The van der Waals surface area contributed by atoms with E-state index in [0.717, 1.165) is 42.5 Å². The number of hydrogen-bond donors (Lipinski definition) is 3. The Bertz CT molecular complexity index is 1180. The number of carbonyl (C=O) groups excluding carboxylic acids is 2. The molecule has 0 aliphatic rings. The van der Waals surface area contributed by atoms with Crippen molar-refractivity contribution in [2.45, 2.75) is 72.8 Å². The van der Waals surface area contributed by atoms with E-state index < -0.39 is 5.91 Å². The maximum absolute atomic E-state index is 12.4. The van der Waals surface area contributed by atoms with Crippen molar-refractivity contribution in [3.63, 3.8) is 0 Å². The second-order valence-electron chi connectivity index (χ2n) is 9.30. The zero-order valence-electron chi connectivity index (χ0n) is 23.1. The number of aryl methyl sites for hydroxylation is 2. The molecular formula is C29H41N5O3. The number of hydrogen-bond acceptors (Lipinski definition) is 6. The van der Waals surface area contributed by atoms with E-state index in [9.17, 15) is 9.59 Å².